The zero-order chi connectivity index (χ0) is 15.6. The second kappa shape index (κ2) is 9.40. The predicted octanol–water partition coefficient (Wildman–Crippen LogP) is 0.822. The van der Waals surface area contributed by atoms with E-state index >= 15 is 0 Å². The fourth-order valence-electron chi connectivity index (χ4n) is 2.17. The van der Waals surface area contributed by atoms with Crippen LogP contribution in [0.5, 0.6) is 0 Å². The average Bonchev–Trinajstić information content (AvgIpc) is 3.25. The molecule has 1 aliphatic carbocycles. The Morgan fingerprint density at radius 2 is 2.23 bits per heavy atom. The van der Waals surface area contributed by atoms with Crippen molar-refractivity contribution in [2.24, 2.45) is 10.9 Å². The van der Waals surface area contributed by atoms with Crippen LogP contribution in [0.1, 0.15) is 32.0 Å². The van der Waals surface area contributed by atoms with E-state index < -0.39 is 0 Å². The molecule has 1 heterocycles. The third-order valence-corrected chi connectivity index (χ3v) is 3.69. The zero-order valence-corrected chi connectivity index (χ0v) is 13.7. The van der Waals surface area contributed by atoms with Crippen LogP contribution in [0.4, 0.5) is 0 Å². The number of guanidine groups is 1. The van der Waals surface area contributed by atoms with Gasteiger partial charge in [-0.1, -0.05) is 6.92 Å². The molecule has 1 saturated carbocycles. The molecule has 124 valence electrons. The molecule has 1 fully saturated rings. The van der Waals surface area contributed by atoms with Crippen molar-refractivity contribution in [1.29, 1.82) is 0 Å². The normalized spacial score (nSPS) is 15.1. The van der Waals surface area contributed by atoms with Crippen LogP contribution in [-0.4, -0.2) is 54.1 Å². The number of aryl methyl sites for hydroxylation is 1. The topological polar surface area (TPSA) is 76.4 Å². The lowest BCUT2D eigenvalue weighted by atomic mass is 10.4. The van der Waals surface area contributed by atoms with Crippen molar-refractivity contribution in [3.05, 3.63) is 12.2 Å². The summed E-state index contributed by atoms with van der Waals surface area (Å²) in [6, 6.07) is 0. The van der Waals surface area contributed by atoms with Crippen molar-refractivity contribution in [2.75, 3.05) is 33.4 Å². The zero-order valence-electron chi connectivity index (χ0n) is 13.7. The standard InChI is InChI=1S/C15H28N6O/c1-3-14-20-19-12-21(14)9-8-18-15(16-2)17-7-4-10-22-11-13-5-6-13/h12-13H,3-11H2,1-2H3,(H2,16,17,18). The molecule has 2 rings (SSSR count). The minimum Gasteiger partial charge on any atom is -0.381 e. The smallest absolute Gasteiger partial charge is 0.191 e. The number of rotatable bonds is 10. The second-order valence-corrected chi connectivity index (χ2v) is 5.59. The molecule has 1 aliphatic rings. The highest BCUT2D eigenvalue weighted by Crippen LogP contribution is 2.28. The highest BCUT2D eigenvalue weighted by atomic mass is 16.5. The third-order valence-electron chi connectivity index (χ3n) is 3.69. The van der Waals surface area contributed by atoms with Gasteiger partial charge < -0.3 is 19.9 Å². The van der Waals surface area contributed by atoms with Crippen LogP contribution >= 0.6 is 0 Å². The van der Waals surface area contributed by atoms with Gasteiger partial charge in [-0.05, 0) is 25.2 Å². The highest BCUT2D eigenvalue weighted by Gasteiger charge is 2.20. The van der Waals surface area contributed by atoms with Crippen LogP contribution in [-0.2, 0) is 17.7 Å². The van der Waals surface area contributed by atoms with E-state index in [1.54, 1.807) is 13.4 Å². The molecule has 1 aromatic rings. The maximum absolute atomic E-state index is 5.61. The molecule has 0 aliphatic heterocycles. The second-order valence-electron chi connectivity index (χ2n) is 5.59. The Morgan fingerprint density at radius 1 is 1.41 bits per heavy atom. The summed E-state index contributed by atoms with van der Waals surface area (Å²) < 4.78 is 7.67. The predicted molar refractivity (Wildman–Crippen MR) is 86.9 cm³/mol. The molecule has 22 heavy (non-hydrogen) atoms. The van der Waals surface area contributed by atoms with E-state index in [0.717, 1.165) is 63.4 Å². The summed E-state index contributed by atoms with van der Waals surface area (Å²) in [5.74, 6) is 2.68. The summed E-state index contributed by atoms with van der Waals surface area (Å²) in [7, 11) is 1.79. The summed E-state index contributed by atoms with van der Waals surface area (Å²) in [6.45, 7) is 6.34. The van der Waals surface area contributed by atoms with Crippen molar-refractivity contribution >= 4 is 5.96 Å². The van der Waals surface area contributed by atoms with Crippen molar-refractivity contribution in [3.8, 4) is 0 Å². The van der Waals surface area contributed by atoms with Crippen LogP contribution in [0.25, 0.3) is 0 Å². The maximum atomic E-state index is 5.61. The van der Waals surface area contributed by atoms with E-state index in [1.165, 1.54) is 12.8 Å². The third kappa shape index (κ3) is 6.01. The molecule has 0 amide bonds. The van der Waals surface area contributed by atoms with Gasteiger partial charge in [-0.2, -0.15) is 0 Å². The number of ether oxygens (including phenoxy) is 1. The number of aromatic nitrogens is 3. The van der Waals surface area contributed by atoms with Gasteiger partial charge in [0.2, 0.25) is 0 Å². The molecule has 0 radical (unpaired) electrons. The molecule has 0 bridgehead atoms. The molecule has 1 aromatic heterocycles. The summed E-state index contributed by atoms with van der Waals surface area (Å²) in [5.41, 5.74) is 0. The Morgan fingerprint density at radius 3 is 2.95 bits per heavy atom. The van der Waals surface area contributed by atoms with Gasteiger partial charge in [-0.15, -0.1) is 10.2 Å². The Kier molecular flexibility index (Phi) is 7.15. The first-order valence-corrected chi connectivity index (χ1v) is 8.22. The van der Waals surface area contributed by atoms with E-state index in [4.69, 9.17) is 4.74 Å². The van der Waals surface area contributed by atoms with E-state index in [9.17, 15) is 0 Å². The highest BCUT2D eigenvalue weighted by molar-refractivity contribution is 5.79. The van der Waals surface area contributed by atoms with E-state index in [1.807, 2.05) is 0 Å². The Hall–Kier alpha value is -1.63. The lowest BCUT2D eigenvalue weighted by Crippen LogP contribution is -2.39. The molecule has 0 saturated heterocycles. The van der Waals surface area contributed by atoms with E-state index in [-0.39, 0.29) is 0 Å². The van der Waals surface area contributed by atoms with Gasteiger partial charge in [0.1, 0.15) is 12.2 Å². The Bertz CT molecular complexity index is 455. The summed E-state index contributed by atoms with van der Waals surface area (Å²) in [6.07, 6.45) is 6.36. The van der Waals surface area contributed by atoms with Gasteiger partial charge in [0, 0.05) is 46.3 Å². The summed E-state index contributed by atoms with van der Waals surface area (Å²) in [4.78, 5) is 4.22. The fraction of sp³-hybridized carbons (Fsp3) is 0.800. The van der Waals surface area contributed by atoms with Gasteiger partial charge in [0.15, 0.2) is 5.96 Å². The van der Waals surface area contributed by atoms with E-state index in [0.29, 0.717) is 0 Å². The minimum atomic E-state index is 0.795. The molecule has 0 atom stereocenters. The first-order valence-electron chi connectivity index (χ1n) is 8.22. The van der Waals surface area contributed by atoms with Gasteiger partial charge in [0.25, 0.3) is 0 Å². The van der Waals surface area contributed by atoms with Crippen molar-refractivity contribution in [3.63, 3.8) is 0 Å². The number of hydrogen-bond donors (Lipinski definition) is 2. The summed E-state index contributed by atoms with van der Waals surface area (Å²) >= 11 is 0. The molecular formula is C15H28N6O. The van der Waals surface area contributed by atoms with Crippen LogP contribution in [0.3, 0.4) is 0 Å². The number of hydrogen-bond acceptors (Lipinski definition) is 4. The number of nitrogens with zero attached hydrogens (tertiary/aromatic N) is 4. The van der Waals surface area contributed by atoms with Crippen molar-refractivity contribution < 1.29 is 4.74 Å². The quantitative estimate of drug-likeness (QED) is 0.380. The van der Waals surface area contributed by atoms with Crippen LogP contribution < -0.4 is 10.6 Å². The van der Waals surface area contributed by atoms with Crippen LogP contribution in [0, 0.1) is 5.92 Å². The molecule has 2 N–H and O–H groups in total. The number of aliphatic imine (C=N–C) groups is 1. The van der Waals surface area contributed by atoms with E-state index in [2.05, 4.69) is 37.3 Å². The monoisotopic (exact) mass is 308 g/mol. The molecule has 7 nitrogen and oxygen atoms in total. The molecule has 0 spiro atoms. The summed E-state index contributed by atoms with van der Waals surface area (Å²) in [5, 5.41) is 14.6. The fourth-order valence-corrected chi connectivity index (χ4v) is 2.17. The molecule has 0 unspecified atom stereocenters. The average molecular weight is 308 g/mol. The van der Waals surface area contributed by atoms with Crippen molar-refractivity contribution in [1.82, 2.24) is 25.4 Å². The van der Waals surface area contributed by atoms with Gasteiger partial charge in [0.05, 0.1) is 0 Å². The number of nitrogens with one attached hydrogen (secondary N) is 2. The molecule has 0 aromatic carbocycles. The minimum absolute atomic E-state index is 0.795. The maximum Gasteiger partial charge on any atom is 0.191 e. The first-order chi connectivity index (χ1) is 10.8. The van der Waals surface area contributed by atoms with Crippen LogP contribution in [0.15, 0.2) is 11.3 Å². The first kappa shape index (κ1) is 16.7. The lowest BCUT2D eigenvalue weighted by Gasteiger charge is -2.12. The Labute approximate surface area is 132 Å². The van der Waals surface area contributed by atoms with Gasteiger partial charge in [-0.25, -0.2) is 0 Å². The lowest BCUT2D eigenvalue weighted by molar-refractivity contribution is 0.123. The van der Waals surface area contributed by atoms with Crippen LogP contribution in [0.2, 0.25) is 0 Å². The molecule has 7 heteroatoms. The Balaban J connectivity index is 1.52. The van der Waals surface area contributed by atoms with Gasteiger partial charge in [-0.3, -0.25) is 4.99 Å². The SMILES string of the molecule is CCc1nncn1CCNC(=NC)NCCCOCC1CC1. The van der Waals surface area contributed by atoms with Crippen molar-refractivity contribution in [2.45, 2.75) is 39.2 Å². The van der Waals surface area contributed by atoms with Gasteiger partial charge >= 0.3 is 0 Å². The molecular weight excluding hydrogens is 280 g/mol. The largest absolute Gasteiger partial charge is 0.381 e.